The molecule has 2 heterocycles. The Labute approximate surface area is 208 Å². The standard InChI is InChI=1S/C21H32ClN5O3S2Si/c1-15-23-18(13-32(28,29)25(2)3)19-20(16-9-7-8-10-17(16)22)27(31)26(21(19)24-15)14-30-11-12-33(4,5)6/h7-10,20,31H,11-14H2,1-6H3. The van der Waals surface area contributed by atoms with Crippen LogP contribution in [0.1, 0.15) is 28.7 Å². The van der Waals surface area contributed by atoms with Gasteiger partial charge in [-0.15, -0.1) is 0 Å². The topological polar surface area (TPSA) is 78.9 Å². The molecule has 1 aromatic heterocycles. The van der Waals surface area contributed by atoms with Crippen molar-refractivity contribution in [1.82, 2.24) is 18.7 Å². The van der Waals surface area contributed by atoms with Crippen molar-refractivity contribution in [2.45, 2.75) is 44.4 Å². The summed E-state index contributed by atoms with van der Waals surface area (Å²) in [6, 6.07) is 8.01. The molecule has 0 radical (unpaired) electrons. The van der Waals surface area contributed by atoms with Crippen molar-refractivity contribution >= 4 is 48.3 Å². The number of nitrogens with zero attached hydrogens (tertiary/aromatic N) is 5. The van der Waals surface area contributed by atoms with Crippen LogP contribution in [-0.4, -0.2) is 62.6 Å². The van der Waals surface area contributed by atoms with Crippen LogP contribution in [0.2, 0.25) is 30.7 Å². The minimum absolute atomic E-state index is 0.234. The third kappa shape index (κ3) is 6.08. The number of sulfonamides is 1. The first-order valence-electron chi connectivity index (χ1n) is 10.7. The highest BCUT2D eigenvalue weighted by Gasteiger charge is 2.42. The smallest absolute Gasteiger partial charge is 0.219 e. The minimum Gasteiger partial charge on any atom is -0.360 e. The number of fused-ring (bicyclic) bond motifs is 1. The number of aryl methyl sites for hydroxylation is 1. The van der Waals surface area contributed by atoms with E-state index in [1.54, 1.807) is 17.4 Å². The summed E-state index contributed by atoms with van der Waals surface area (Å²) in [5.41, 5.74) is 1.89. The maximum Gasteiger partial charge on any atom is 0.219 e. The zero-order valence-corrected chi connectivity index (χ0v) is 23.4. The molecule has 182 valence electrons. The Morgan fingerprint density at radius 1 is 1.21 bits per heavy atom. The number of hydrazine groups is 1. The van der Waals surface area contributed by atoms with Gasteiger partial charge in [0.05, 0.1) is 11.7 Å². The minimum atomic E-state index is -3.56. The highest BCUT2D eigenvalue weighted by molar-refractivity contribution is 7.88. The van der Waals surface area contributed by atoms with Crippen LogP contribution in [0.4, 0.5) is 5.82 Å². The van der Waals surface area contributed by atoms with Crippen LogP contribution in [0.25, 0.3) is 0 Å². The number of anilines is 1. The van der Waals surface area contributed by atoms with Crippen LogP contribution in [0.5, 0.6) is 0 Å². The number of halogens is 1. The number of hydrogen-bond donors (Lipinski definition) is 1. The molecule has 0 fully saturated rings. The van der Waals surface area contributed by atoms with E-state index in [4.69, 9.17) is 29.2 Å². The summed E-state index contributed by atoms with van der Waals surface area (Å²) in [5, 5.41) is 2.37. The van der Waals surface area contributed by atoms with Crippen LogP contribution >= 0.6 is 24.4 Å². The molecule has 0 saturated heterocycles. The highest BCUT2D eigenvalue weighted by Crippen LogP contribution is 2.47. The van der Waals surface area contributed by atoms with Crippen LogP contribution in [0, 0.1) is 6.92 Å². The molecule has 3 rings (SSSR count). The number of hydrogen-bond acceptors (Lipinski definition) is 8. The maximum absolute atomic E-state index is 12.8. The van der Waals surface area contributed by atoms with Gasteiger partial charge in [-0.05, 0) is 24.6 Å². The molecule has 1 aliphatic rings. The lowest BCUT2D eigenvalue weighted by Gasteiger charge is -2.29. The van der Waals surface area contributed by atoms with Gasteiger partial charge in [0, 0.05) is 39.4 Å². The Bertz CT molecular complexity index is 1110. The van der Waals surface area contributed by atoms with Gasteiger partial charge in [0.15, 0.2) is 5.82 Å². The van der Waals surface area contributed by atoms with E-state index in [1.165, 1.54) is 18.4 Å². The molecule has 1 aliphatic heterocycles. The lowest BCUT2D eigenvalue weighted by atomic mass is 9.99. The van der Waals surface area contributed by atoms with E-state index in [0.29, 0.717) is 34.5 Å². The van der Waals surface area contributed by atoms with Gasteiger partial charge >= 0.3 is 0 Å². The quantitative estimate of drug-likeness (QED) is 0.297. The summed E-state index contributed by atoms with van der Waals surface area (Å²) >= 11 is 11.3. The number of benzene rings is 1. The summed E-state index contributed by atoms with van der Waals surface area (Å²) in [6.07, 6.45) is 0. The van der Waals surface area contributed by atoms with Gasteiger partial charge in [0.25, 0.3) is 0 Å². The normalized spacial score (nSPS) is 17.1. The second-order valence-corrected chi connectivity index (χ2v) is 18.1. The molecule has 1 atom stereocenters. The Kier molecular flexibility index (Phi) is 8.15. The number of ether oxygens (including phenoxy) is 1. The lowest BCUT2D eigenvalue weighted by molar-refractivity contribution is 0.123. The summed E-state index contributed by atoms with van der Waals surface area (Å²) < 4.78 is 34.4. The van der Waals surface area contributed by atoms with Crippen LogP contribution in [0.3, 0.4) is 0 Å². The second-order valence-electron chi connectivity index (χ2n) is 9.49. The van der Waals surface area contributed by atoms with Crippen molar-refractivity contribution in [3.63, 3.8) is 0 Å². The van der Waals surface area contributed by atoms with Crippen LogP contribution in [-0.2, 0) is 20.5 Å². The summed E-state index contributed by atoms with van der Waals surface area (Å²) in [5.74, 6) is 0.809. The fourth-order valence-electron chi connectivity index (χ4n) is 3.49. The predicted octanol–water partition coefficient (Wildman–Crippen LogP) is 4.11. The van der Waals surface area contributed by atoms with Crippen molar-refractivity contribution in [1.29, 1.82) is 0 Å². The molecule has 33 heavy (non-hydrogen) atoms. The SMILES string of the molecule is Cc1nc(CS(=O)(=O)N(C)C)c2c(n1)N(COCC[Si](C)(C)C)N(S)C2c1ccccc1Cl. The second kappa shape index (κ2) is 10.2. The molecule has 1 aromatic carbocycles. The van der Waals surface area contributed by atoms with Gasteiger partial charge in [-0.25, -0.2) is 22.7 Å². The van der Waals surface area contributed by atoms with Crippen molar-refractivity contribution in [3.05, 3.63) is 51.9 Å². The molecular formula is C21H32ClN5O3S2Si. The number of rotatable bonds is 9. The fraction of sp³-hybridized carbons (Fsp3) is 0.524. The lowest BCUT2D eigenvalue weighted by Crippen LogP contribution is -2.36. The molecule has 0 amide bonds. The Morgan fingerprint density at radius 3 is 2.48 bits per heavy atom. The molecule has 0 saturated carbocycles. The van der Waals surface area contributed by atoms with Crippen molar-refractivity contribution in [2.75, 3.05) is 32.4 Å². The Balaban J connectivity index is 2.07. The fourth-order valence-corrected chi connectivity index (χ4v) is 5.69. The molecule has 8 nitrogen and oxygen atoms in total. The zero-order chi connectivity index (χ0) is 24.6. The first kappa shape index (κ1) is 26.4. The van der Waals surface area contributed by atoms with Gasteiger partial charge < -0.3 is 4.74 Å². The summed E-state index contributed by atoms with van der Waals surface area (Å²) in [6.45, 7) is 9.52. The van der Waals surface area contributed by atoms with Crippen molar-refractivity contribution in [3.8, 4) is 0 Å². The Hall–Kier alpha value is -1.21. The molecular weight excluding hydrogens is 498 g/mol. The van der Waals surface area contributed by atoms with E-state index < -0.39 is 24.1 Å². The van der Waals surface area contributed by atoms with E-state index in [9.17, 15) is 8.42 Å². The third-order valence-electron chi connectivity index (χ3n) is 5.40. The molecule has 0 N–H and O–H groups in total. The first-order valence-corrected chi connectivity index (χ1v) is 16.8. The Morgan fingerprint density at radius 2 is 1.88 bits per heavy atom. The van der Waals surface area contributed by atoms with E-state index in [2.05, 4.69) is 29.6 Å². The largest absolute Gasteiger partial charge is 0.360 e. The molecule has 0 bridgehead atoms. The van der Waals surface area contributed by atoms with Gasteiger partial charge in [0.2, 0.25) is 10.0 Å². The number of aromatic nitrogens is 2. The molecule has 12 heteroatoms. The highest BCUT2D eigenvalue weighted by atomic mass is 35.5. The van der Waals surface area contributed by atoms with Gasteiger partial charge in [-0.1, -0.05) is 62.3 Å². The number of thiol groups is 1. The molecule has 2 aromatic rings. The maximum atomic E-state index is 12.8. The third-order valence-corrected chi connectivity index (χ3v) is 9.64. The molecule has 0 spiro atoms. The van der Waals surface area contributed by atoms with E-state index in [-0.39, 0.29) is 12.5 Å². The van der Waals surface area contributed by atoms with Crippen LogP contribution < -0.4 is 5.01 Å². The van der Waals surface area contributed by atoms with Gasteiger partial charge in [-0.2, -0.15) is 4.41 Å². The van der Waals surface area contributed by atoms with E-state index >= 15 is 0 Å². The molecule has 1 unspecified atom stereocenters. The van der Waals surface area contributed by atoms with Gasteiger partial charge in [-0.3, -0.25) is 5.01 Å². The van der Waals surface area contributed by atoms with E-state index in [1.807, 2.05) is 23.2 Å². The van der Waals surface area contributed by atoms with Gasteiger partial charge in [0.1, 0.15) is 18.3 Å². The van der Waals surface area contributed by atoms with Crippen LogP contribution in [0.15, 0.2) is 24.3 Å². The predicted molar refractivity (Wildman–Crippen MR) is 139 cm³/mol. The first-order chi connectivity index (χ1) is 15.3. The zero-order valence-electron chi connectivity index (χ0n) is 19.9. The molecule has 0 aliphatic carbocycles. The van der Waals surface area contributed by atoms with Crippen molar-refractivity contribution < 1.29 is 13.2 Å². The average Bonchev–Trinajstić information content (AvgIpc) is 2.96. The average molecular weight is 530 g/mol. The summed E-state index contributed by atoms with van der Waals surface area (Å²) in [7, 11) is -1.77. The summed E-state index contributed by atoms with van der Waals surface area (Å²) in [4.78, 5) is 9.19. The van der Waals surface area contributed by atoms with Crippen molar-refractivity contribution in [2.24, 2.45) is 0 Å². The van der Waals surface area contributed by atoms with E-state index in [0.717, 1.165) is 11.6 Å². The monoisotopic (exact) mass is 529 g/mol.